The van der Waals surface area contributed by atoms with E-state index in [1.54, 1.807) is 20.3 Å². The monoisotopic (exact) mass is 363 g/mol. The van der Waals surface area contributed by atoms with Crippen molar-refractivity contribution in [2.75, 3.05) is 19.5 Å². The van der Waals surface area contributed by atoms with Crippen LogP contribution in [-0.4, -0.2) is 29.3 Å². The predicted octanol–water partition coefficient (Wildman–Crippen LogP) is 4.62. The molecule has 0 saturated carbocycles. The molecule has 1 aliphatic rings. The molecule has 1 atom stereocenters. The van der Waals surface area contributed by atoms with Crippen molar-refractivity contribution >= 4 is 28.5 Å². The minimum Gasteiger partial charge on any atom is -0.507 e. The summed E-state index contributed by atoms with van der Waals surface area (Å²) in [5, 5.41) is 14.5. The number of anilines is 2. The first kappa shape index (κ1) is 17.1. The largest absolute Gasteiger partial charge is 0.507 e. The second kappa shape index (κ2) is 6.79. The standard InChI is InChI=1S/C21H21N3O3/c1-12-5-4-6-13-17(25)8-7-15(20(12)13)24-21-14-9-18(26-2)19(27-3)10-16(14)22-11-23-21/h4,6-12,25H,5H2,1-3H3,(H,22,23,24). The van der Waals surface area contributed by atoms with Gasteiger partial charge in [-0.25, -0.2) is 9.97 Å². The van der Waals surface area contributed by atoms with Crippen molar-refractivity contribution in [1.82, 2.24) is 9.97 Å². The lowest BCUT2D eigenvalue weighted by molar-refractivity contribution is 0.356. The summed E-state index contributed by atoms with van der Waals surface area (Å²) < 4.78 is 10.8. The number of methoxy groups -OCH3 is 2. The summed E-state index contributed by atoms with van der Waals surface area (Å²) in [6, 6.07) is 7.29. The highest BCUT2D eigenvalue weighted by Crippen LogP contribution is 2.41. The first-order chi connectivity index (χ1) is 13.1. The second-order valence-electron chi connectivity index (χ2n) is 6.57. The maximum Gasteiger partial charge on any atom is 0.162 e. The van der Waals surface area contributed by atoms with E-state index in [4.69, 9.17) is 9.47 Å². The third-order valence-electron chi connectivity index (χ3n) is 4.92. The molecule has 2 aromatic carbocycles. The maximum absolute atomic E-state index is 10.2. The van der Waals surface area contributed by atoms with Gasteiger partial charge < -0.3 is 19.9 Å². The van der Waals surface area contributed by atoms with Gasteiger partial charge in [-0.2, -0.15) is 0 Å². The molecular formula is C21H21N3O3. The summed E-state index contributed by atoms with van der Waals surface area (Å²) >= 11 is 0. The highest BCUT2D eigenvalue weighted by Gasteiger charge is 2.20. The molecule has 1 unspecified atom stereocenters. The highest BCUT2D eigenvalue weighted by molar-refractivity contribution is 5.93. The molecule has 0 bridgehead atoms. The van der Waals surface area contributed by atoms with Gasteiger partial charge in [0.05, 0.1) is 19.7 Å². The van der Waals surface area contributed by atoms with Crippen LogP contribution >= 0.6 is 0 Å². The van der Waals surface area contributed by atoms with E-state index in [-0.39, 0.29) is 5.75 Å². The van der Waals surface area contributed by atoms with Gasteiger partial charge in [-0.1, -0.05) is 19.1 Å². The molecule has 1 aromatic heterocycles. The Kier molecular flexibility index (Phi) is 4.32. The number of nitrogens with one attached hydrogen (secondary N) is 1. The third kappa shape index (κ3) is 2.93. The van der Waals surface area contributed by atoms with E-state index in [9.17, 15) is 5.11 Å². The molecule has 6 heteroatoms. The zero-order valence-electron chi connectivity index (χ0n) is 15.5. The normalized spacial score (nSPS) is 15.4. The van der Waals surface area contributed by atoms with Crippen LogP contribution in [0.25, 0.3) is 17.0 Å². The molecule has 0 spiro atoms. The lowest BCUT2D eigenvalue weighted by Crippen LogP contribution is -2.06. The van der Waals surface area contributed by atoms with Crippen LogP contribution in [0, 0.1) is 0 Å². The van der Waals surface area contributed by atoms with Gasteiger partial charge in [0.2, 0.25) is 0 Å². The average Bonchev–Trinajstić information content (AvgIpc) is 2.69. The lowest BCUT2D eigenvalue weighted by atomic mass is 9.86. The summed E-state index contributed by atoms with van der Waals surface area (Å²) in [5.74, 6) is 2.50. The maximum atomic E-state index is 10.2. The van der Waals surface area contributed by atoms with Gasteiger partial charge in [0.1, 0.15) is 17.9 Å². The molecule has 4 rings (SSSR count). The van der Waals surface area contributed by atoms with Gasteiger partial charge in [-0.15, -0.1) is 0 Å². The zero-order valence-corrected chi connectivity index (χ0v) is 15.5. The predicted molar refractivity (Wildman–Crippen MR) is 106 cm³/mol. The number of phenols is 1. The van der Waals surface area contributed by atoms with Gasteiger partial charge in [-0.3, -0.25) is 0 Å². The van der Waals surface area contributed by atoms with Crippen LogP contribution in [0.4, 0.5) is 11.5 Å². The molecule has 0 amide bonds. The quantitative estimate of drug-likeness (QED) is 0.659. The van der Waals surface area contributed by atoms with Crippen molar-refractivity contribution in [2.45, 2.75) is 19.3 Å². The Labute approximate surface area is 157 Å². The first-order valence-corrected chi connectivity index (χ1v) is 8.78. The average molecular weight is 363 g/mol. The van der Waals surface area contributed by atoms with Crippen LogP contribution in [0.5, 0.6) is 17.2 Å². The Morgan fingerprint density at radius 1 is 1.11 bits per heavy atom. The molecule has 0 aliphatic heterocycles. The fourth-order valence-electron chi connectivity index (χ4n) is 3.56. The van der Waals surface area contributed by atoms with E-state index in [1.165, 1.54) is 6.33 Å². The van der Waals surface area contributed by atoms with Gasteiger partial charge in [0.15, 0.2) is 11.5 Å². The number of nitrogens with zero attached hydrogens (tertiary/aromatic N) is 2. The number of aromatic hydroxyl groups is 1. The fraction of sp³-hybridized carbons (Fsp3) is 0.238. The van der Waals surface area contributed by atoms with Crippen molar-refractivity contribution in [1.29, 1.82) is 0 Å². The first-order valence-electron chi connectivity index (χ1n) is 8.78. The molecular weight excluding hydrogens is 342 g/mol. The number of phenolic OH excluding ortho intramolecular Hbond substituents is 1. The molecule has 6 nitrogen and oxygen atoms in total. The number of benzene rings is 2. The lowest BCUT2D eigenvalue weighted by Gasteiger charge is -2.23. The van der Waals surface area contributed by atoms with Gasteiger partial charge in [-0.05, 0) is 36.1 Å². The molecule has 0 radical (unpaired) electrons. The Morgan fingerprint density at radius 2 is 1.89 bits per heavy atom. The smallest absolute Gasteiger partial charge is 0.162 e. The highest BCUT2D eigenvalue weighted by atomic mass is 16.5. The summed E-state index contributed by atoms with van der Waals surface area (Å²) in [6.07, 6.45) is 6.52. The third-order valence-corrected chi connectivity index (χ3v) is 4.92. The van der Waals surface area contributed by atoms with Crippen LogP contribution in [0.1, 0.15) is 30.4 Å². The van der Waals surface area contributed by atoms with E-state index in [2.05, 4.69) is 28.3 Å². The Hall–Kier alpha value is -3.28. The van der Waals surface area contributed by atoms with Gasteiger partial charge >= 0.3 is 0 Å². The fourth-order valence-corrected chi connectivity index (χ4v) is 3.56. The molecule has 138 valence electrons. The summed E-state index contributed by atoms with van der Waals surface area (Å²) in [6.45, 7) is 2.15. The van der Waals surface area contributed by atoms with Crippen LogP contribution in [0.3, 0.4) is 0 Å². The number of allylic oxidation sites excluding steroid dienone is 1. The number of hydrogen-bond acceptors (Lipinski definition) is 6. The molecule has 0 fully saturated rings. The number of fused-ring (bicyclic) bond motifs is 2. The van der Waals surface area contributed by atoms with Gasteiger partial charge in [0, 0.05) is 22.7 Å². The molecule has 1 aliphatic carbocycles. The number of ether oxygens (including phenoxy) is 2. The molecule has 27 heavy (non-hydrogen) atoms. The van der Waals surface area contributed by atoms with Crippen molar-refractivity contribution in [3.8, 4) is 17.2 Å². The van der Waals surface area contributed by atoms with E-state index >= 15 is 0 Å². The van der Waals surface area contributed by atoms with Crippen molar-refractivity contribution < 1.29 is 14.6 Å². The van der Waals surface area contributed by atoms with E-state index < -0.39 is 0 Å². The molecule has 0 saturated heterocycles. The molecule has 1 heterocycles. The van der Waals surface area contributed by atoms with E-state index in [0.29, 0.717) is 23.2 Å². The van der Waals surface area contributed by atoms with Crippen LogP contribution < -0.4 is 14.8 Å². The Bertz CT molecular complexity index is 1050. The number of hydrogen-bond donors (Lipinski definition) is 2. The van der Waals surface area contributed by atoms with Crippen LogP contribution in [0.15, 0.2) is 36.7 Å². The Morgan fingerprint density at radius 3 is 2.67 bits per heavy atom. The van der Waals surface area contributed by atoms with Crippen LogP contribution in [-0.2, 0) is 0 Å². The number of aromatic nitrogens is 2. The molecule has 3 aromatic rings. The summed E-state index contributed by atoms with van der Waals surface area (Å²) in [5.41, 5.74) is 3.63. The topological polar surface area (TPSA) is 76.5 Å². The van der Waals surface area contributed by atoms with Crippen LogP contribution in [0.2, 0.25) is 0 Å². The summed E-state index contributed by atoms with van der Waals surface area (Å²) in [7, 11) is 3.20. The zero-order chi connectivity index (χ0) is 19.0. The Balaban J connectivity index is 1.84. The molecule has 2 N–H and O–H groups in total. The van der Waals surface area contributed by atoms with Crippen molar-refractivity contribution in [3.05, 3.63) is 47.8 Å². The minimum absolute atomic E-state index is 0.289. The van der Waals surface area contributed by atoms with Gasteiger partial charge in [0.25, 0.3) is 0 Å². The van der Waals surface area contributed by atoms with Crippen molar-refractivity contribution in [3.63, 3.8) is 0 Å². The van der Waals surface area contributed by atoms with E-state index in [1.807, 2.05) is 24.3 Å². The second-order valence-corrected chi connectivity index (χ2v) is 6.57. The number of rotatable bonds is 4. The summed E-state index contributed by atoms with van der Waals surface area (Å²) in [4.78, 5) is 8.78. The van der Waals surface area contributed by atoms with Crippen molar-refractivity contribution in [2.24, 2.45) is 0 Å². The van der Waals surface area contributed by atoms with E-state index in [0.717, 1.165) is 34.1 Å². The SMILES string of the molecule is COc1cc2ncnc(Nc3ccc(O)c4c3C(C)CC=C4)c2cc1OC. The minimum atomic E-state index is 0.289.